The fourth-order valence-corrected chi connectivity index (χ4v) is 3.89. The van der Waals surface area contributed by atoms with Crippen molar-refractivity contribution in [3.05, 3.63) is 21.3 Å². The van der Waals surface area contributed by atoms with Crippen LogP contribution in [-0.2, 0) is 0 Å². The van der Waals surface area contributed by atoms with E-state index in [4.69, 9.17) is 11.6 Å². The zero-order valence-corrected chi connectivity index (χ0v) is 16.3. The van der Waals surface area contributed by atoms with Crippen LogP contribution >= 0.6 is 22.9 Å². The lowest BCUT2D eigenvalue weighted by Gasteiger charge is -2.35. The highest BCUT2D eigenvalue weighted by Gasteiger charge is 2.21. The van der Waals surface area contributed by atoms with E-state index < -0.39 is 6.10 Å². The molecule has 24 heavy (non-hydrogen) atoms. The second kappa shape index (κ2) is 9.61. The number of hydrogen-bond acceptors (Lipinski definition) is 4. The number of hydrogen-bond donors (Lipinski definition) is 3. The van der Waals surface area contributed by atoms with E-state index in [0.29, 0.717) is 23.0 Å². The van der Waals surface area contributed by atoms with Crippen LogP contribution in [0.1, 0.15) is 44.6 Å². The molecule has 2 rings (SSSR count). The second-order valence-corrected chi connectivity index (χ2v) is 8.17. The Bertz CT molecular complexity index is 526. The Balaban J connectivity index is 1.87. The summed E-state index contributed by atoms with van der Waals surface area (Å²) in [5, 5.41) is 17.0. The SMILES string of the molecule is CCNC(=NCC(O)c1ccc(Cl)s1)NC1CCN(C(C)C)CC1. The van der Waals surface area contributed by atoms with E-state index >= 15 is 0 Å². The van der Waals surface area contributed by atoms with Crippen molar-refractivity contribution in [3.8, 4) is 0 Å². The molecule has 0 spiro atoms. The molecule has 136 valence electrons. The summed E-state index contributed by atoms with van der Waals surface area (Å²) in [6, 6.07) is 4.71. The minimum Gasteiger partial charge on any atom is -0.386 e. The molecule has 5 nitrogen and oxygen atoms in total. The fraction of sp³-hybridized carbons (Fsp3) is 0.706. The van der Waals surface area contributed by atoms with Crippen molar-refractivity contribution in [2.24, 2.45) is 4.99 Å². The Kier molecular flexibility index (Phi) is 7.81. The smallest absolute Gasteiger partial charge is 0.191 e. The van der Waals surface area contributed by atoms with Gasteiger partial charge >= 0.3 is 0 Å². The minimum atomic E-state index is -0.610. The van der Waals surface area contributed by atoms with Gasteiger partial charge in [-0.25, -0.2) is 0 Å². The molecule has 1 fully saturated rings. The first-order chi connectivity index (χ1) is 11.5. The van der Waals surface area contributed by atoms with Crippen LogP contribution in [0.5, 0.6) is 0 Å². The number of likely N-dealkylation sites (tertiary alicyclic amines) is 1. The normalized spacial score (nSPS) is 18.8. The topological polar surface area (TPSA) is 59.9 Å². The highest BCUT2D eigenvalue weighted by atomic mass is 35.5. The predicted octanol–water partition coefficient (Wildman–Crippen LogP) is 2.86. The van der Waals surface area contributed by atoms with Crippen LogP contribution in [0.2, 0.25) is 4.34 Å². The summed E-state index contributed by atoms with van der Waals surface area (Å²) < 4.78 is 0.690. The molecule has 0 radical (unpaired) electrons. The standard InChI is InChI=1S/C17H29ClN4OS/c1-4-19-17(20-11-14(23)15-5-6-16(18)24-15)21-13-7-9-22(10-8-13)12(2)3/h5-6,12-14,23H,4,7-11H2,1-3H3,(H2,19,20,21). The van der Waals surface area contributed by atoms with Crippen LogP contribution in [0.25, 0.3) is 0 Å². The minimum absolute atomic E-state index is 0.330. The number of aliphatic hydroxyl groups is 1. The van der Waals surface area contributed by atoms with Crippen molar-refractivity contribution in [2.75, 3.05) is 26.2 Å². The summed E-state index contributed by atoms with van der Waals surface area (Å²) in [5.41, 5.74) is 0. The number of nitrogens with zero attached hydrogens (tertiary/aromatic N) is 2. The van der Waals surface area contributed by atoms with E-state index in [-0.39, 0.29) is 0 Å². The number of thiophene rings is 1. The number of guanidine groups is 1. The third-order valence-corrected chi connectivity index (χ3v) is 5.62. The van der Waals surface area contributed by atoms with Gasteiger partial charge in [-0.15, -0.1) is 11.3 Å². The molecule has 0 amide bonds. The van der Waals surface area contributed by atoms with Crippen molar-refractivity contribution < 1.29 is 5.11 Å². The van der Waals surface area contributed by atoms with Crippen molar-refractivity contribution >= 4 is 28.9 Å². The molecule has 0 aliphatic carbocycles. The molecule has 1 aliphatic rings. The summed E-state index contributed by atoms with van der Waals surface area (Å²) in [7, 11) is 0. The largest absolute Gasteiger partial charge is 0.386 e. The third kappa shape index (κ3) is 5.92. The lowest BCUT2D eigenvalue weighted by molar-refractivity contribution is 0.167. The van der Waals surface area contributed by atoms with Gasteiger partial charge in [-0.3, -0.25) is 4.99 Å². The number of nitrogens with one attached hydrogen (secondary N) is 2. The zero-order chi connectivity index (χ0) is 17.5. The Hall–Kier alpha value is -0.820. The summed E-state index contributed by atoms with van der Waals surface area (Å²) in [6.45, 7) is 9.91. The molecular weight excluding hydrogens is 344 g/mol. The number of halogens is 1. The van der Waals surface area contributed by atoms with Gasteiger partial charge in [0, 0.05) is 36.6 Å². The number of piperidine rings is 1. The van der Waals surface area contributed by atoms with E-state index in [0.717, 1.165) is 43.3 Å². The van der Waals surface area contributed by atoms with Crippen LogP contribution in [-0.4, -0.2) is 54.2 Å². The van der Waals surface area contributed by atoms with E-state index in [1.165, 1.54) is 11.3 Å². The first-order valence-electron chi connectivity index (χ1n) is 8.71. The number of rotatable bonds is 6. The molecule has 3 N–H and O–H groups in total. The Morgan fingerprint density at radius 3 is 2.67 bits per heavy atom. The van der Waals surface area contributed by atoms with E-state index in [9.17, 15) is 5.11 Å². The van der Waals surface area contributed by atoms with Gasteiger partial charge in [-0.1, -0.05) is 11.6 Å². The fourth-order valence-electron chi connectivity index (χ4n) is 2.85. The maximum atomic E-state index is 10.2. The van der Waals surface area contributed by atoms with E-state index in [1.54, 1.807) is 6.07 Å². The molecule has 1 aromatic heterocycles. The van der Waals surface area contributed by atoms with Crippen LogP contribution in [0.4, 0.5) is 0 Å². The predicted molar refractivity (Wildman–Crippen MR) is 103 cm³/mol. The summed E-state index contributed by atoms with van der Waals surface area (Å²) in [5.74, 6) is 0.780. The van der Waals surface area contributed by atoms with E-state index in [1.807, 2.05) is 13.0 Å². The van der Waals surface area contributed by atoms with Crippen molar-refractivity contribution in [1.82, 2.24) is 15.5 Å². The van der Waals surface area contributed by atoms with Gasteiger partial charge in [0.25, 0.3) is 0 Å². The van der Waals surface area contributed by atoms with Gasteiger partial charge in [-0.2, -0.15) is 0 Å². The molecule has 1 unspecified atom stereocenters. The number of aliphatic hydroxyl groups excluding tert-OH is 1. The Labute approximate surface area is 154 Å². The lowest BCUT2D eigenvalue weighted by Crippen LogP contribution is -2.50. The molecule has 0 bridgehead atoms. The van der Waals surface area contributed by atoms with Crippen LogP contribution < -0.4 is 10.6 Å². The first-order valence-corrected chi connectivity index (χ1v) is 9.91. The molecule has 2 heterocycles. The van der Waals surface area contributed by atoms with Crippen LogP contribution in [0.15, 0.2) is 17.1 Å². The van der Waals surface area contributed by atoms with Crippen molar-refractivity contribution in [1.29, 1.82) is 0 Å². The van der Waals surface area contributed by atoms with E-state index in [2.05, 4.69) is 34.4 Å². The highest BCUT2D eigenvalue weighted by molar-refractivity contribution is 7.16. The number of aliphatic imine (C=N–C) groups is 1. The van der Waals surface area contributed by atoms with Crippen LogP contribution in [0.3, 0.4) is 0 Å². The van der Waals surface area contributed by atoms with Gasteiger partial charge < -0.3 is 20.6 Å². The molecule has 7 heteroatoms. The van der Waals surface area contributed by atoms with Gasteiger partial charge in [0.05, 0.1) is 10.9 Å². The van der Waals surface area contributed by atoms with Crippen LogP contribution in [0, 0.1) is 0 Å². The van der Waals surface area contributed by atoms with Gasteiger partial charge in [0.2, 0.25) is 0 Å². The highest BCUT2D eigenvalue weighted by Crippen LogP contribution is 2.26. The lowest BCUT2D eigenvalue weighted by atomic mass is 10.0. The molecule has 1 aliphatic heterocycles. The third-order valence-electron chi connectivity index (χ3n) is 4.29. The quantitative estimate of drug-likeness (QED) is 0.531. The molecule has 1 atom stereocenters. The van der Waals surface area contributed by atoms with Crippen molar-refractivity contribution in [2.45, 2.75) is 51.8 Å². The molecular formula is C17H29ClN4OS. The van der Waals surface area contributed by atoms with Gasteiger partial charge in [0.1, 0.15) is 6.10 Å². The van der Waals surface area contributed by atoms with Crippen molar-refractivity contribution in [3.63, 3.8) is 0 Å². The maximum Gasteiger partial charge on any atom is 0.191 e. The summed E-state index contributed by atoms with van der Waals surface area (Å²) in [4.78, 5) is 7.90. The molecule has 1 aromatic rings. The molecule has 1 saturated heterocycles. The zero-order valence-electron chi connectivity index (χ0n) is 14.8. The second-order valence-electron chi connectivity index (χ2n) is 6.43. The molecule has 0 aromatic carbocycles. The average Bonchev–Trinajstić information content (AvgIpc) is 2.99. The maximum absolute atomic E-state index is 10.2. The molecule has 0 saturated carbocycles. The Morgan fingerprint density at radius 1 is 1.42 bits per heavy atom. The first kappa shape index (κ1) is 19.5. The Morgan fingerprint density at radius 2 is 2.12 bits per heavy atom. The monoisotopic (exact) mass is 372 g/mol. The average molecular weight is 373 g/mol. The summed E-state index contributed by atoms with van der Waals surface area (Å²) in [6.07, 6.45) is 1.62. The van der Waals surface area contributed by atoms with Gasteiger partial charge in [0.15, 0.2) is 5.96 Å². The van der Waals surface area contributed by atoms with Gasteiger partial charge in [-0.05, 0) is 45.7 Å². The summed E-state index contributed by atoms with van der Waals surface area (Å²) >= 11 is 7.32.